The fourth-order valence-electron chi connectivity index (χ4n) is 3.96. The van der Waals surface area contributed by atoms with E-state index in [9.17, 15) is 23.1 Å². The normalized spacial score (nSPS) is 17.7. The van der Waals surface area contributed by atoms with Gasteiger partial charge < -0.3 is 10.0 Å². The average molecular weight is 620 g/mol. The molecule has 0 radical (unpaired) electrons. The maximum absolute atomic E-state index is 13.1. The Morgan fingerprint density at radius 3 is 1.97 bits per heavy atom. The minimum Gasteiger partial charge on any atom is -0.507 e. The van der Waals surface area contributed by atoms with Crippen molar-refractivity contribution in [3.05, 3.63) is 104 Å². The number of nitrogens with two attached hydrogens (primary N) is 1. The van der Waals surface area contributed by atoms with E-state index in [0.717, 1.165) is 14.5 Å². The number of benzene rings is 3. The number of primary sulfonamides is 1. The van der Waals surface area contributed by atoms with Gasteiger partial charge in [-0.3, -0.25) is 9.59 Å². The highest BCUT2D eigenvalue weighted by molar-refractivity contribution is 9.10. The van der Waals surface area contributed by atoms with E-state index in [1.165, 1.54) is 17.0 Å². The van der Waals surface area contributed by atoms with Gasteiger partial charge in [-0.2, -0.15) is 0 Å². The van der Waals surface area contributed by atoms with Gasteiger partial charge in [0, 0.05) is 21.1 Å². The molecule has 1 saturated heterocycles. The van der Waals surface area contributed by atoms with Crippen molar-refractivity contribution in [3.8, 4) is 0 Å². The third-order valence-corrected chi connectivity index (χ3v) is 7.72. The smallest absolute Gasteiger partial charge is 0.295 e. The second-order valence-corrected chi connectivity index (χ2v) is 11.4. The first-order valence-corrected chi connectivity index (χ1v) is 13.6. The van der Waals surface area contributed by atoms with E-state index in [0.29, 0.717) is 17.5 Å². The number of hydrogen-bond donors (Lipinski definition) is 2. The number of carbonyl (C=O) groups excluding carboxylic acids is 2. The van der Waals surface area contributed by atoms with Gasteiger partial charge in [-0.25, -0.2) is 13.6 Å². The molecule has 1 fully saturated rings. The Kier molecular flexibility index (Phi) is 7.27. The van der Waals surface area contributed by atoms with Crippen LogP contribution in [0.2, 0.25) is 0 Å². The van der Waals surface area contributed by atoms with E-state index in [1.807, 2.05) is 0 Å². The molecular weight excluding hydrogens is 600 g/mol. The van der Waals surface area contributed by atoms with Crippen LogP contribution in [0.25, 0.3) is 5.76 Å². The lowest BCUT2D eigenvalue weighted by Gasteiger charge is -2.25. The van der Waals surface area contributed by atoms with Crippen molar-refractivity contribution in [2.75, 3.05) is 6.54 Å². The van der Waals surface area contributed by atoms with E-state index in [-0.39, 0.29) is 22.8 Å². The van der Waals surface area contributed by atoms with Gasteiger partial charge in [0.15, 0.2) is 0 Å². The summed E-state index contributed by atoms with van der Waals surface area (Å²) >= 11 is 6.75. The van der Waals surface area contributed by atoms with Crippen molar-refractivity contribution in [2.45, 2.75) is 17.4 Å². The minimum atomic E-state index is -3.81. The van der Waals surface area contributed by atoms with Gasteiger partial charge >= 0.3 is 0 Å². The fourth-order valence-corrected chi connectivity index (χ4v) is 5.00. The van der Waals surface area contributed by atoms with Gasteiger partial charge in [0.25, 0.3) is 11.7 Å². The first-order chi connectivity index (χ1) is 16.6. The lowest BCUT2D eigenvalue weighted by molar-refractivity contribution is -0.139. The number of halogens is 2. The molecule has 1 aliphatic rings. The molecule has 3 N–H and O–H groups in total. The van der Waals surface area contributed by atoms with Gasteiger partial charge in [-0.1, -0.05) is 68.3 Å². The van der Waals surface area contributed by atoms with E-state index in [1.54, 1.807) is 60.7 Å². The number of Topliss-reactive ketones (excluding diaryl/α,β-unsaturated/α-hetero) is 1. The molecule has 0 unspecified atom stereocenters. The van der Waals surface area contributed by atoms with Crippen molar-refractivity contribution in [3.63, 3.8) is 0 Å². The van der Waals surface area contributed by atoms with Crippen LogP contribution in [0, 0.1) is 0 Å². The number of likely N-dealkylation sites (tertiary alicyclic amines) is 1. The van der Waals surface area contributed by atoms with Gasteiger partial charge in [0.2, 0.25) is 10.0 Å². The monoisotopic (exact) mass is 618 g/mol. The zero-order valence-corrected chi connectivity index (χ0v) is 22.2. The molecule has 1 heterocycles. The third-order valence-electron chi connectivity index (χ3n) is 5.74. The molecular formula is C25H20Br2N2O5S. The van der Waals surface area contributed by atoms with Crippen molar-refractivity contribution in [1.82, 2.24) is 4.90 Å². The molecule has 0 spiro atoms. The molecule has 3 aromatic carbocycles. The number of ketones is 1. The minimum absolute atomic E-state index is 0.00828. The van der Waals surface area contributed by atoms with Crippen LogP contribution in [0.5, 0.6) is 0 Å². The molecule has 1 atom stereocenters. The van der Waals surface area contributed by atoms with Crippen LogP contribution < -0.4 is 5.14 Å². The number of aliphatic hydroxyl groups excluding tert-OH is 1. The Balaban J connectivity index is 1.72. The Labute approximate surface area is 219 Å². The largest absolute Gasteiger partial charge is 0.507 e. The molecule has 3 aromatic rings. The van der Waals surface area contributed by atoms with E-state index in [2.05, 4.69) is 31.9 Å². The molecule has 0 saturated carbocycles. The SMILES string of the molecule is NS(=O)(=O)c1ccc(CCN2C(=O)C(=O)C(=C(O)c3ccc(Br)cc3)[C@H]2c2ccc(Br)cc2)cc1. The number of nitrogens with zero attached hydrogens (tertiary/aromatic N) is 1. The van der Waals surface area contributed by atoms with Crippen LogP contribution in [0.1, 0.15) is 22.7 Å². The summed E-state index contributed by atoms with van der Waals surface area (Å²) in [6.45, 7) is 0.178. The van der Waals surface area contributed by atoms with Crippen LogP contribution in [0.4, 0.5) is 0 Å². The van der Waals surface area contributed by atoms with Crippen molar-refractivity contribution >= 4 is 59.3 Å². The summed E-state index contributed by atoms with van der Waals surface area (Å²) in [6, 6.07) is 19.3. The summed E-state index contributed by atoms with van der Waals surface area (Å²) < 4.78 is 24.7. The molecule has 180 valence electrons. The third kappa shape index (κ3) is 5.40. The second kappa shape index (κ2) is 10.1. The van der Waals surface area contributed by atoms with Gasteiger partial charge in [-0.15, -0.1) is 0 Å². The van der Waals surface area contributed by atoms with Crippen molar-refractivity contribution < 1.29 is 23.1 Å². The molecule has 7 nitrogen and oxygen atoms in total. The number of sulfonamides is 1. The first-order valence-electron chi connectivity index (χ1n) is 10.5. The average Bonchev–Trinajstić information content (AvgIpc) is 3.08. The Morgan fingerprint density at radius 1 is 0.886 bits per heavy atom. The van der Waals surface area contributed by atoms with Gasteiger partial charge in [-0.05, 0) is 53.9 Å². The van der Waals surface area contributed by atoms with Crippen LogP contribution in [0.3, 0.4) is 0 Å². The molecule has 0 aromatic heterocycles. The molecule has 1 amide bonds. The number of amides is 1. The summed E-state index contributed by atoms with van der Waals surface area (Å²) in [5, 5.41) is 16.2. The van der Waals surface area contributed by atoms with Crippen LogP contribution in [-0.4, -0.2) is 36.7 Å². The topological polar surface area (TPSA) is 118 Å². The number of carbonyl (C=O) groups is 2. The zero-order valence-electron chi connectivity index (χ0n) is 18.2. The summed E-state index contributed by atoms with van der Waals surface area (Å²) in [4.78, 5) is 27.6. The summed E-state index contributed by atoms with van der Waals surface area (Å²) in [6.07, 6.45) is 0.364. The number of aliphatic hydroxyl groups is 1. The van der Waals surface area contributed by atoms with Gasteiger partial charge in [0.1, 0.15) is 5.76 Å². The van der Waals surface area contributed by atoms with E-state index in [4.69, 9.17) is 5.14 Å². The first kappa shape index (κ1) is 25.3. The van der Waals surface area contributed by atoms with Crippen LogP contribution in [-0.2, 0) is 26.0 Å². The highest BCUT2D eigenvalue weighted by atomic mass is 79.9. The maximum atomic E-state index is 13.1. The highest BCUT2D eigenvalue weighted by Gasteiger charge is 2.45. The van der Waals surface area contributed by atoms with Crippen LogP contribution >= 0.6 is 31.9 Å². The molecule has 1 aliphatic heterocycles. The predicted molar refractivity (Wildman–Crippen MR) is 139 cm³/mol. The standard InChI is InChI=1S/C25H20Br2N2O5S/c26-18-7-3-16(4-8-18)22-21(23(30)17-5-9-19(27)10-6-17)24(31)25(32)29(22)14-13-15-1-11-20(12-2-15)35(28,33)34/h1-12,22,30H,13-14H2,(H2,28,33,34)/t22-/m1/s1. The van der Waals surface area contributed by atoms with E-state index < -0.39 is 27.8 Å². The molecule has 10 heteroatoms. The lowest BCUT2D eigenvalue weighted by atomic mass is 9.95. The summed E-state index contributed by atoms with van der Waals surface area (Å²) in [7, 11) is -3.81. The zero-order chi connectivity index (χ0) is 25.3. The lowest BCUT2D eigenvalue weighted by Crippen LogP contribution is -2.31. The summed E-state index contributed by atoms with van der Waals surface area (Å²) in [5.74, 6) is -1.72. The number of rotatable bonds is 6. The Bertz CT molecular complexity index is 1420. The molecule has 0 aliphatic carbocycles. The Hall–Kier alpha value is -2.79. The van der Waals surface area contributed by atoms with E-state index >= 15 is 0 Å². The fraction of sp³-hybridized carbons (Fsp3) is 0.120. The molecule has 35 heavy (non-hydrogen) atoms. The van der Waals surface area contributed by atoms with Crippen molar-refractivity contribution in [2.24, 2.45) is 5.14 Å². The molecule has 0 bridgehead atoms. The summed E-state index contributed by atoms with van der Waals surface area (Å²) in [5.41, 5.74) is 1.88. The maximum Gasteiger partial charge on any atom is 0.295 e. The number of hydrogen-bond acceptors (Lipinski definition) is 5. The predicted octanol–water partition coefficient (Wildman–Crippen LogP) is 4.52. The Morgan fingerprint density at radius 2 is 1.43 bits per heavy atom. The van der Waals surface area contributed by atoms with Gasteiger partial charge in [0.05, 0.1) is 16.5 Å². The van der Waals surface area contributed by atoms with Crippen LogP contribution in [0.15, 0.2) is 92.2 Å². The second-order valence-electron chi connectivity index (χ2n) is 7.99. The highest BCUT2D eigenvalue weighted by Crippen LogP contribution is 2.40. The molecule has 4 rings (SSSR count). The quantitative estimate of drug-likeness (QED) is 0.239. The van der Waals surface area contributed by atoms with Crippen molar-refractivity contribution in [1.29, 1.82) is 0 Å².